The maximum atomic E-state index is 12.1. The van der Waals surface area contributed by atoms with E-state index in [2.05, 4.69) is 31.4 Å². The van der Waals surface area contributed by atoms with Gasteiger partial charge in [-0.3, -0.25) is 9.59 Å². The maximum Gasteiger partial charge on any atom is 0.326 e. The van der Waals surface area contributed by atoms with Gasteiger partial charge in [0.1, 0.15) is 6.04 Å². The highest BCUT2D eigenvalue weighted by Gasteiger charge is 2.23. The molecule has 0 aliphatic rings. The number of nitrogens with one attached hydrogen (secondary N) is 2. The van der Waals surface area contributed by atoms with E-state index in [-0.39, 0.29) is 30.2 Å². The highest BCUT2D eigenvalue weighted by Crippen LogP contribution is 2.22. The molecule has 3 N–H and O–H groups in total. The zero-order valence-corrected chi connectivity index (χ0v) is 15.6. The predicted molar refractivity (Wildman–Crippen MR) is 96.5 cm³/mol. The van der Waals surface area contributed by atoms with Gasteiger partial charge in [-0.05, 0) is 29.0 Å². The van der Waals surface area contributed by atoms with Crippen LogP contribution in [0.3, 0.4) is 0 Å². The van der Waals surface area contributed by atoms with Crippen LogP contribution in [0.25, 0.3) is 0 Å². The Morgan fingerprint density at radius 1 is 1.08 bits per heavy atom. The van der Waals surface area contributed by atoms with Gasteiger partial charge in [0.25, 0.3) is 5.91 Å². The summed E-state index contributed by atoms with van der Waals surface area (Å²) in [6, 6.07) is 6.43. The SMILES string of the molecule is CC(C)[C@@H](NC(=O)CCNC(=O)c1ccc(C(C)(C)C)cc1)C(=O)O. The van der Waals surface area contributed by atoms with Crippen molar-refractivity contribution < 1.29 is 19.5 Å². The Hall–Kier alpha value is -2.37. The Labute approximate surface area is 149 Å². The highest BCUT2D eigenvalue weighted by atomic mass is 16.4. The van der Waals surface area contributed by atoms with E-state index in [0.29, 0.717) is 5.56 Å². The van der Waals surface area contributed by atoms with E-state index >= 15 is 0 Å². The van der Waals surface area contributed by atoms with Gasteiger partial charge in [-0.15, -0.1) is 0 Å². The summed E-state index contributed by atoms with van der Waals surface area (Å²) in [5.74, 6) is -1.93. The molecule has 0 aromatic heterocycles. The third kappa shape index (κ3) is 6.57. The summed E-state index contributed by atoms with van der Waals surface area (Å²) in [6.07, 6.45) is 0.0301. The van der Waals surface area contributed by atoms with Crippen LogP contribution in [0.1, 0.15) is 57.0 Å². The van der Waals surface area contributed by atoms with E-state index in [4.69, 9.17) is 5.11 Å². The maximum absolute atomic E-state index is 12.1. The molecule has 6 heteroatoms. The third-order valence-electron chi connectivity index (χ3n) is 3.90. The quantitative estimate of drug-likeness (QED) is 0.705. The molecular weight excluding hydrogens is 320 g/mol. The molecule has 1 aromatic rings. The molecule has 0 radical (unpaired) electrons. The lowest BCUT2D eigenvalue weighted by Gasteiger charge is -2.19. The fraction of sp³-hybridized carbons (Fsp3) is 0.526. The Morgan fingerprint density at radius 2 is 1.64 bits per heavy atom. The summed E-state index contributed by atoms with van der Waals surface area (Å²) in [5.41, 5.74) is 1.68. The molecule has 0 fully saturated rings. The van der Waals surface area contributed by atoms with Gasteiger partial charge in [0.15, 0.2) is 0 Å². The van der Waals surface area contributed by atoms with Crippen molar-refractivity contribution in [2.75, 3.05) is 6.54 Å². The average Bonchev–Trinajstić information content (AvgIpc) is 2.51. The van der Waals surface area contributed by atoms with E-state index < -0.39 is 17.9 Å². The van der Waals surface area contributed by atoms with Crippen molar-refractivity contribution in [3.05, 3.63) is 35.4 Å². The zero-order chi connectivity index (χ0) is 19.2. The highest BCUT2D eigenvalue weighted by molar-refractivity contribution is 5.94. The second-order valence-electron chi connectivity index (χ2n) is 7.46. The average molecular weight is 348 g/mol. The first-order chi connectivity index (χ1) is 11.5. The summed E-state index contributed by atoms with van der Waals surface area (Å²) in [7, 11) is 0. The van der Waals surface area contributed by atoms with Crippen LogP contribution >= 0.6 is 0 Å². The number of carboxylic acid groups (broad SMARTS) is 1. The van der Waals surface area contributed by atoms with Crippen molar-refractivity contribution in [3.8, 4) is 0 Å². The number of benzene rings is 1. The summed E-state index contributed by atoms with van der Waals surface area (Å²) in [5, 5.41) is 14.2. The van der Waals surface area contributed by atoms with Gasteiger partial charge in [-0.2, -0.15) is 0 Å². The van der Waals surface area contributed by atoms with E-state index in [1.807, 2.05) is 12.1 Å². The lowest BCUT2D eigenvalue weighted by atomic mass is 9.87. The topological polar surface area (TPSA) is 95.5 Å². The number of rotatable bonds is 7. The van der Waals surface area contributed by atoms with Crippen molar-refractivity contribution in [1.29, 1.82) is 0 Å². The normalized spacial score (nSPS) is 12.6. The fourth-order valence-electron chi connectivity index (χ4n) is 2.27. The van der Waals surface area contributed by atoms with Gasteiger partial charge in [-0.1, -0.05) is 46.8 Å². The Morgan fingerprint density at radius 3 is 2.08 bits per heavy atom. The van der Waals surface area contributed by atoms with Crippen LogP contribution in [0.4, 0.5) is 0 Å². The zero-order valence-electron chi connectivity index (χ0n) is 15.6. The second kappa shape index (κ2) is 8.65. The molecule has 0 aliphatic carbocycles. The van der Waals surface area contributed by atoms with Crippen LogP contribution in [-0.4, -0.2) is 35.5 Å². The van der Waals surface area contributed by atoms with E-state index in [9.17, 15) is 14.4 Å². The largest absolute Gasteiger partial charge is 0.480 e. The van der Waals surface area contributed by atoms with Crippen molar-refractivity contribution >= 4 is 17.8 Å². The smallest absolute Gasteiger partial charge is 0.326 e. The van der Waals surface area contributed by atoms with Crippen LogP contribution in [0, 0.1) is 5.92 Å². The molecule has 0 aliphatic heterocycles. The molecule has 0 saturated heterocycles. The van der Waals surface area contributed by atoms with Crippen LogP contribution in [-0.2, 0) is 15.0 Å². The van der Waals surface area contributed by atoms with Crippen molar-refractivity contribution in [3.63, 3.8) is 0 Å². The Bertz CT molecular complexity index is 615. The van der Waals surface area contributed by atoms with E-state index in [1.165, 1.54) is 0 Å². The van der Waals surface area contributed by atoms with E-state index in [1.54, 1.807) is 26.0 Å². The van der Waals surface area contributed by atoms with E-state index in [0.717, 1.165) is 5.56 Å². The summed E-state index contributed by atoms with van der Waals surface area (Å²) in [4.78, 5) is 35.0. The standard InChI is InChI=1S/C19H28N2O4/c1-12(2)16(18(24)25)21-15(22)10-11-20-17(23)13-6-8-14(9-7-13)19(3,4)5/h6-9,12,16H,10-11H2,1-5H3,(H,20,23)(H,21,22)(H,24,25)/t16-/m1/s1. The molecule has 1 rings (SSSR count). The number of carboxylic acids is 1. The molecule has 0 bridgehead atoms. The molecular formula is C19H28N2O4. The van der Waals surface area contributed by atoms with Gasteiger partial charge in [-0.25, -0.2) is 4.79 Å². The molecule has 0 spiro atoms. The van der Waals surface area contributed by atoms with Crippen molar-refractivity contribution in [2.45, 2.75) is 52.5 Å². The molecule has 0 saturated carbocycles. The Kier molecular flexibility index (Phi) is 7.15. The second-order valence-corrected chi connectivity index (χ2v) is 7.46. The first-order valence-corrected chi connectivity index (χ1v) is 8.43. The molecule has 6 nitrogen and oxygen atoms in total. The molecule has 0 unspecified atom stereocenters. The van der Waals surface area contributed by atoms with Crippen LogP contribution < -0.4 is 10.6 Å². The minimum absolute atomic E-state index is 0.0180. The van der Waals surface area contributed by atoms with Crippen molar-refractivity contribution in [2.24, 2.45) is 5.92 Å². The van der Waals surface area contributed by atoms with Gasteiger partial charge in [0.05, 0.1) is 0 Å². The monoisotopic (exact) mass is 348 g/mol. The lowest BCUT2D eigenvalue weighted by Crippen LogP contribution is -2.45. The summed E-state index contributed by atoms with van der Waals surface area (Å²) >= 11 is 0. The number of carbonyl (C=O) groups is 3. The predicted octanol–water partition coefficient (Wildman–Crippen LogP) is 2.33. The summed E-state index contributed by atoms with van der Waals surface area (Å²) < 4.78 is 0. The number of carbonyl (C=O) groups excluding carboxylic acids is 2. The van der Waals surface area contributed by atoms with Gasteiger partial charge >= 0.3 is 5.97 Å². The molecule has 1 atom stereocenters. The molecule has 25 heavy (non-hydrogen) atoms. The van der Waals surface area contributed by atoms with Gasteiger partial charge in [0.2, 0.25) is 5.91 Å². The third-order valence-corrected chi connectivity index (χ3v) is 3.90. The van der Waals surface area contributed by atoms with Crippen LogP contribution in [0.5, 0.6) is 0 Å². The van der Waals surface area contributed by atoms with Crippen molar-refractivity contribution in [1.82, 2.24) is 10.6 Å². The first-order valence-electron chi connectivity index (χ1n) is 8.43. The molecule has 1 aromatic carbocycles. The molecule has 0 heterocycles. The molecule has 2 amide bonds. The van der Waals surface area contributed by atoms with Crippen LogP contribution in [0.15, 0.2) is 24.3 Å². The number of aliphatic carboxylic acids is 1. The van der Waals surface area contributed by atoms with Crippen LogP contribution in [0.2, 0.25) is 0 Å². The number of amides is 2. The minimum atomic E-state index is -1.06. The Balaban J connectivity index is 2.49. The minimum Gasteiger partial charge on any atom is -0.480 e. The first kappa shape index (κ1) is 20.7. The van der Waals surface area contributed by atoms with Gasteiger partial charge in [0, 0.05) is 18.5 Å². The fourth-order valence-corrected chi connectivity index (χ4v) is 2.27. The lowest BCUT2D eigenvalue weighted by molar-refractivity contribution is -0.143. The number of hydrogen-bond acceptors (Lipinski definition) is 3. The number of hydrogen-bond donors (Lipinski definition) is 3. The van der Waals surface area contributed by atoms with Gasteiger partial charge < -0.3 is 15.7 Å². The molecule has 138 valence electrons. The summed E-state index contributed by atoms with van der Waals surface area (Å²) in [6.45, 7) is 9.90.